The molecule has 0 saturated carbocycles. The van der Waals surface area contributed by atoms with Crippen LogP contribution in [0.15, 0.2) is 18.2 Å². The molecule has 2 rings (SSSR count). The molecule has 19 heavy (non-hydrogen) atoms. The minimum absolute atomic E-state index is 0.533. The highest BCUT2D eigenvalue weighted by Crippen LogP contribution is 2.30. The van der Waals surface area contributed by atoms with Crippen molar-refractivity contribution in [3.8, 4) is 6.07 Å². The van der Waals surface area contributed by atoms with Gasteiger partial charge in [-0.1, -0.05) is 6.07 Å². The molecule has 1 aliphatic rings. The van der Waals surface area contributed by atoms with Crippen molar-refractivity contribution in [3.05, 3.63) is 29.3 Å². The van der Waals surface area contributed by atoms with Crippen LogP contribution in [0.25, 0.3) is 0 Å². The molecule has 0 aromatic heterocycles. The molecule has 0 amide bonds. The van der Waals surface area contributed by atoms with Crippen molar-refractivity contribution in [3.63, 3.8) is 0 Å². The third kappa shape index (κ3) is 3.04. The first-order valence-corrected chi connectivity index (χ1v) is 9.08. The third-order valence-electron chi connectivity index (χ3n) is 3.16. The summed E-state index contributed by atoms with van der Waals surface area (Å²) >= 11 is 1.64. The first-order chi connectivity index (χ1) is 8.93. The first-order valence-electron chi connectivity index (χ1n) is 5.97. The predicted octanol–water partition coefficient (Wildman–Crippen LogP) is 1.79. The smallest absolute Gasteiger partial charge is 0.169 e. The van der Waals surface area contributed by atoms with E-state index in [2.05, 4.69) is 6.07 Å². The quantitative estimate of drug-likeness (QED) is 0.832. The predicted molar refractivity (Wildman–Crippen MR) is 79.2 cm³/mol. The Morgan fingerprint density at radius 3 is 2.84 bits per heavy atom. The highest BCUT2D eigenvalue weighted by Gasteiger charge is 2.32. The normalized spacial score (nSPS) is 20.1. The fourth-order valence-corrected chi connectivity index (χ4v) is 5.02. The molecule has 1 saturated heterocycles. The van der Waals surface area contributed by atoms with Gasteiger partial charge >= 0.3 is 0 Å². The summed E-state index contributed by atoms with van der Waals surface area (Å²) < 4.78 is 23.8. The minimum atomic E-state index is -3.17. The van der Waals surface area contributed by atoms with Crippen LogP contribution in [0, 0.1) is 18.3 Å². The lowest BCUT2D eigenvalue weighted by Gasteiger charge is -2.36. The van der Waals surface area contributed by atoms with Crippen molar-refractivity contribution in [1.82, 2.24) is 0 Å². The number of nitrogens with zero attached hydrogens (tertiary/aromatic N) is 2. The molecule has 1 aromatic rings. The van der Waals surface area contributed by atoms with E-state index in [1.807, 2.05) is 24.0 Å². The Morgan fingerprint density at radius 2 is 2.21 bits per heavy atom. The number of hydrogen-bond acceptors (Lipinski definition) is 5. The molecule has 1 aromatic carbocycles. The second-order valence-electron chi connectivity index (χ2n) is 4.68. The van der Waals surface area contributed by atoms with Crippen LogP contribution < -0.4 is 4.90 Å². The Labute approximate surface area is 118 Å². The Bertz CT molecular complexity index is 620. The first kappa shape index (κ1) is 14.2. The van der Waals surface area contributed by atoms with Gasteiger partial charge in [-0.3, -0.25) is 0 Å². The van der Waals surface area contributed by atoms with Crippen molar-refractivity contribution in [2.45, 2.75) is 12.3 Å². The zero-order valence-corrected chi connectivity index (χ0v) is 12.6. The van der Waals surface area contributed by atoms with E-state index in [9.17, 15) is 13.7 Å². The van der Waals surface area contributed by atoms with Crippen molar-refractivity contribution >= 4 is 27.3 Å². The van der Waals surface area contributed by atoms with E-state index < -0.39 is 15.2 Å². The molecular formula is C13H16N2O2S2. The van der Waals surface area contributed by atoms with E-state index in [0.29, 0.717) is 17.9 Å². The SMILES string of the molecule is Cc1ccc(C#N)c(N2CCSCC2S(C)(=O)=O)c1. The molecular weight excluding hydrogens is 280 g/mol. The molecule has 1 unspecified atom stereocenters. The molecule has 0 aliphatic carbocycles. The Morgan fingerprint density at radius 1 is 1.47 bits per heavy atom. The number of aryl methyl sites for hydroxylation is 1. The van der Waals surface area contributed by atoms with Gasteiger partial charge in [-0.25, -0.2) is 8.42 Å². The molecule has 6 heteroatoms. The van der Waals surface area contributed by atoms with Gasteiger partial charge < -0.3 is 4.90 Å². The van der Waals surface area contributed by atoms with Crippen molar-refractivity contribution < 1.29 is 8.42 Å². The second-order valence-corrected chi connectivity index (χ2v) is 8.04. The molecule has 0 spiro atoms. The Hall–Kier alpha value is -1.19. The zero-order chi connectivity index (χ0) is 14.0. The van der Waals surface area contributed by atoms with Gasteiger partial charge in [0.05, 0.1) is 11.3 Å². The number of anilines is 1. The van der Waals surface area contributed by atoms with E-state index in [1.165, 1.54) is 6.26 Å². The van der Waals surface area contributed by atoms with Gasteiger partial charge in [0.1, 0.15) is 11.4 Å². The van der Waals surface area contributed by atoms with Crippen LogP contribution in [-0.2, 0) is 9.84 Å². The number of sulfone groups is 1. The second kappa shape index (κ2) is 5.43. The maximum absolute atomic E-state index is 11.9. The number of rotatable bonds is 2. The highest BCUT2D eigenvalue weighted by molar-refractivity contribution is 8.01. The summed E-state index contributed by atoms with van der Waals surface area (Å²) in [5.41, 5.74) is 2.30. The van der Waals surface area contributed by atoms with E-state index in [-0.39, 0.29) is 0 Å². The van der Waals surface area contributed by atoms with E-state index in [4.69, 9.17) is 0 Å². The monoisotopic (exact) mass is 296 g/mol. The van der Waals surface area contributed by atoms with Crippen molar-refractivity contribution in [2.75, 3.05) is 29.2 Å². The summed E-state index contributed by atoms with van der Waals surface area (Å²) in [4.78, 5) is 1.86. The molecule has 0 radical (unpaired) electrons. The van der Waals surface area contributed by atoms with Gasteiger partial charge in [0.25, 0.3) is 0 Å². The van der Waals surface area contributed by atoms with Crippen LogP contribution >= 0.6 is 11.8 Å². The third-order valence-corrected chi connectivity index (χ3v) is 5.81. The maximum Gasteiger partial charge on any atom is 0.169 e. The largest absolute Gasteiger partial charge is 0.352 e. The van der Waals surface area contributed by atoms with Crippen LogP contribution in [0.2, 0.25) is 0 Å². The minimum Gasteiger partial charge on any atom is -0.352 e. The standard InChI is InChI=1S/C13H16N2O2S2/c1-10-3-4-11(8-14)12(7-10)15-5-6-18-9-13(15)19(2,16)17/h3-4,7,13H,5-6,9H2,1-2H3. The Balaban J connectivity index is 2.49. The number of nitriles is 1. The molecule has 1 heterocycles. The van der Waals surface area contributed by atoms with Crippen LogP contribution in [-0.4, -0.2) is 38.1 Å². The molecule has 1 fully saturated rings. The van der Waals surface area contributed by atoms with Crippen LogP contribution in [0.3, 0.4) is 0 Å². The summed E-state index contributed by atoms with van der Waals surface area (Å²) in [5, 5.41) is 8.66. The molecule has 1 atom stereocenters. The van der Waals surface area contributed by atoms with Gasteiger partial charge in [-0.05, 0) is 24.6 Å². The van der Waals surface area contributed by atoms with E-state index in [1.54, 1.807) is 17.8 Å². The van der Waals surface area contributed by atoms with Gasteiger partial charge in [-0.2, -0.15) is 17.0 Å². The van der Waals surface area contributed by atoms with E-state index >= 15 is 0 Å². The lowest BCUT2D eigenvalue weighted by molar-refractivity contribution is 0.584. The van der Waals surface area contributed by atoms with Gasteiger partial charge in [-0.15, -0.1) is 0 Å². The average Bonchev–Trinajstić information content (AvgIpc) is 2.37. The molecule has 1 aliphatic heterocycles. The molecule has 102 valence electrons. The Kier molecular flexibility index (Phi) is 4.07. The maximum atomic E-state index is 11.9. The molecule has 0 bridgehead atoms. The van der Waals surface area contributed by atoms with Crippen molar-refractivity contribution in [2.24, 2.45) is 0 Å². The topological polar surface area (TPSA) is 61.2 Å². The van der Waals surface area contributed by atoms with Gasteiger partial charge in [0.15, 0.2) is 9.84 Å². The zero-order valence-electron chi connectivity index (χ0n) is 11.0. The number of hydrogen-bond donors (Lipinski definition) is 0. The average molecular weight is 296 g/mol. The van der Waals surface area contributed by atoms with Crippen LogP contribution in [0.5, 0.6) is 0 Å². The fraction of sp³-hybridized carbons (Fsp3) is 0.462. The summed E-state index contributed by atoms with van der Waals surface area (Å²) in [7, 11) is -3.17. The van der Waals surface area contributed by atoms with E-state index in [0.717, 1.165) is 17.0 Å². The molecule has 4 nitrogen and oxygen atoms in total. The van der Waals surface area contributed by atoms with Crippen LogP contribution in [0.1, 0.15) is 11.1 Å². The summed E-state index contributed by atoms with van der Waals surface area (Å²) in [5.74, 6) is 1.43. The van der Waals surface area contributed by atoms with Crippen molar-refractivity contribution in [1.29, 1.82) is 5.26 Å². The summed E-state index contributed by atoms with van der Waals surface area (Å²) in [6.07, 6.45) is 1.26. The number of thioether (sulfide) groups is 1. The fourth-order valence-electron chi connectivity index (χ4n) is 2.19. The molecule has 0 N–H and O–H groups in total. The summed E-state index contributed by atoms with van der Waals surface area (Å²) in [6.45, 7) is 2.60. The lowest BCUT2D eigenvalue weighted by atomic mass is 10.1. The van der Waals surface area contributed by atoms with Crippen LogP contribution in [0.4, 0.5) is 5.69 Å². The highest BCUT2D eigenvalue weighted by atomic mass is 32.2. The van der Waals surface area contributed by atoms with Gasteiger partial charge in [0.2, 0.25) is 0 Å². The summed E-state index contributed by atoms with van der Waals surface area (Å²) in [6, 6.07) is 7.67. The number of benzene rings is 1. The lowest BCUT2D eigenvalue weighted by Crippen LogP contribution is -2.47. The van der Waals surface area contributed by atoms with Gasteiger partial charge in [0, 0.05) is 24.3 Å².